The van der Waals surface area contributed by atoms with Gasteiger partial charge < -0.3 is 15.2 Å². The van der Waals surface area contributed by atoms with Crippen LogP contribution >= 0.6 is 11.6 Å². The normalized spacial score (nSPS) is 16.9. The van der Waals surface area contributed by atoms with Crippen LogP contribution in [-0.2, 0) is 9.59 Å². The zero-order valence-corrected chi connectivity index (χ0v) is 15.7. The SMILES string of the molecule is Cc1ccc(Oc2ccc(Cl)cc2NC(=O)CN2CCC[C@H]2C(=O)O)cc1. The van der Waals surface area contributed by atoms with Crippen LogP contribution in [-0.4, -0.2) is 41.0 Å². The molecule has 0 bridgehead atoms. The number of carboxylic acid groups (broad SMARTS) is 1. The van der Waals surface area contributed by atoms with Crippen LogP contribution in [0.25, 0.3) is 0 Å². The Morgan fingerprint density at radius 2 is 2.00 bits per heavy atom. The van der Waals surface area contributed by atoms with Gasteiger partial charge in [0.1, 0.15) is 11.8 Å². The number of carboxylic acids is 1. The van der Waals surface area contributed by atoms with Crippen molar-refractivity contribution in [2.75, 3.05) is 18.4 Å². The average Bonchev–Trinajstić information content (AvgIpc) is 3.07. The highest BCUT2D eigenvalue weighted by atomic mass is 35.5. The molecule has 1 saturated heterocycles. The van der Waals surface area contributed by atoms with Gasteiger partial charge >= 0.3 is 5.97 Å². The van der Waals surface area contributed by atoms with Gasteiger partial charge in [-0.15, -0.1) is 0 Å². The number of likely N-dealkylation sites (tertiary alicyclic amines) is 1. The van der Waals surface area contributed by atoms with Crippen molar-refractivity contribution in [2.45, 2.75) is 25.8 Å². The standard InChI is InChI=1S/C20H21ClN2O4/c1-13-4-7-15(8-5-13)27-18-9-6-14(21)11-16(18)22-19(24)12-23-10-2-3-17(23)20(25)26/h4-9,11,17H,2-3,10,12H2,1H3,(H,22,24)(H,25,26)/t17-/m0/s1. The Labute approximate surface area is 162 Å². The van der Waals surface area contributed by atoms with Gasteiger partial charge in [0.15, 0.2) is 5.75 Å². The first-order valence-corrected chi connectivity index (χ1v) is 9.11. The van der Waals surface area contributed by atoms with Crippen molar-refractivity contribution in [3.8, 4) is 11.5 Å². The van der Waals surface area contributed by atoms with E-state index >= 15 is 0 Å². The van der Waals surface area contributed by atoms with E-state index in [1.54, 1.807) is 23.1 Å². The number of ether oxygens (including phenoxy) is 1. The van der Waals surface area contributed by atoms with Gasteiger partial charge in [-0.1, -0.05) is 29.3 Å². The second kappa shape index (κ2) is 8.41. The van der Waals surface area contributed by atoms with E-state index in [0.717, 1.165) is 12.0 Å². The van der Waals surface area contributed by atoms with E-state index in [2.05, 4.69) is 5.32 Å². The molecular formula is C20H21ClN2O4. The van der Waals surface area contributed by atoms with Crippen LogP contribution < -0.4 is 10.1 Å². The number of carbonyl (C=O) groups is 2. The van der Waals surface area contributed by atoms with E-state index in [4.69, 9.17) is 16.3 Å². The number of nitrogens with zero attached hydrogens (tertiary/aromatic N) is 1. The van der Waals surface area contributed by atoms with Crippen LogP contribution in [0.3, 0.4) is 0 Å². The molecule has 0 aliphatic carbocycles. The highest BCUT2D eigenvalue weighted by molar-refractivity contribution is 6.31. The second-order valence-corrected chi connectivity index (χ2v) is 7.01. The lowest BCUT2D eigenvalue weighted by Crippen LogP contribution is -2.40. The van der Waals surface area contributed by atoms with Crippen LogP contribution in [0.4, 0.5) is 5.69 Å². The highest BCUT2D eigenvalue weighted by Crippen LogP contribution is 2.32. The van der Waals surface area contributed by atoms with E-state index in [1.165, 1.54) is 0 Å². The number of amides is 1. The first kappa shape index (κ1) is 19.2. The number of carbonyl (C=O) groups excluding carboxylic acids is 1. The quantitative estimate of drug-likeness (QED) is 0.783. The third-order valence-corrected chi connectivity index (χ3v) is 4.70. The molecule has 2 aromatic carbocycles. The number of hydrogen-bond donors (Lipinski definition) is 2. The summed E-state index contributed by atoms with van der Waals surface area (Å²) in [7, 11) is 0. The van der Waals surface area contributed by atoms with Crippen molar-refractivity contribution >= 4 is 29.2 Å². The highest BCUT2D eigenvalue weighted by Gasteiger charge is 2.31. The molecule has 0 radical (unpaired) electrons. The summed E-state index contributed by atoms with van der Waals surface area (Å²) in [5.41, 5.74) is 1.56. The first-order chi connectivity index (χ1) is 12.9. The molecule has 7 heteroatoms. The monoisotopic (exact) mass is 388 g/mol. The lowest BCUT2D eigenvalue weighted by molar-refractivity contribution is -0.142. The van der Waals surface area contributed by atoms with Gasteiger partial charge in [-0.25, -0.2) is 0 Å². The average molecular weight is 389 g/mol. The smallest absolute Gasteiger partial charge is 0.320 e. The summed E-state index contributed by atoms with van der Waals surface area (Å²) in [4.78, 5) is 25.4. The van der Waals surface area contributed by atoms with Gasteiger partial charge in [0.05, 0.1) is 12.2 Å². The molecule has 3 rings (SSSR count). The predicted molar refractivity (Wildman–Crippen MR) is 104 cm³/mol. The van der Waals surface area contributed by atoms with E-state index < -0.39 is 12.0 Å². The van der Waals surface area contributed by atoms with Crippen LogP contribution in [0.15, 0.2) is 42.5 Å². The number of benzene rings is 2. The molecule has 0 spiro atoms. The summed E-state index contributed by atoms with van der Waals surface area (Å²) in [5, 5.41) is 12.5. The topological polar surface area (TPSA) is 78.9 Å². The molecule has 1 heterocycles. The molecule has 6 nitrogen and oxygen atoms in total. The molecule has 0 saturated carbocycles. The van der Waals surface area contributed by atoms with Crippen molar-refractivity contribution in [2.24, 2.45) is 0 Å². The lowest BCUT2D eigenvalue weighted by Gasteiger charge is -2.20. The van der Waals surface area contributed by atoms with Gasteiger partial charge in [0, 0.05) is 5.02 Å². The van der Waals surface area contributed by atoms with Gasteiger partial charge in [-0.3, -0.25) is 14.5 Å². The maximum Gasteiger partial charge on any atom is 0.320 e. The number of anilines is 1. The molecule has 1 atom stereocenters. The minimum absolute atomic E-state index is 0.00739. The Balaban J connectivity index is 1.71. The number of aryl methyl sites for hydroxylation is 1. The van der Waals surface area contributed by atoms with Crippen LogP contribution in [0.1, 0.15) is 18.4 Å². The van der Waals surface area contributed by atoms with Crippen molar-refractivity contribution in [3.63, 3.8) is 0 Å². The molecule has 27 heavy (non-hydrogen) atoms. The van der Waals surface area contributed by atoms with Gasteiger partial charge in [-0.05, 0) is 56.6 Å². The third kappa shape index (κ3) is 4.99. The van der Waals surface area contributed by atoms with E-state index in [1.807, 2.05) is 31.2 Å². The van der Waals surface area contributed by atoms with Crippen LogP contribution in [0.2, 0.25) is 5.02 Å². The minimum Gasteiger partial charge on any atom is -0.480 e. The van der Waals surface area contributed by atoms with Crippen LogP contribution in [0.5, 0.6) is 11.5 Å². The second-order valence-electron chi connectivity index (χ2n) is 6.57. The number of hydrogen-bond acceptors (Lipinski definition) is 4. The van der Waals surface area contributed by atoms with Gasteiger partial charge in [-0.2, -0.15) is 0 Å². The zero-order valence-electron chi connectivity index (χ0n) is 14.9. The molecule has 0 unspecified atom stereocenters. The number of rotatable bonds is 6. The fraction of sp³-hybridized carbons (Fsp3) is 0.300. The lowest BCUT2D eigenvalue weighted by atomic mass is 10.2. The molecule has 1 aliphatic heterocycles. The number of nitrogens with one attached hydrogen (secondary N) is 1. The predicted octanol–water partition coefficient (Wildman–Crippen LogP) is 3.93. The molecule has 1 aliphatic rings. The summed E-state index contributed by atoms with van der Waals surface area (Å²) in [6.07, 6.45) is 1.32. The van der Waals surface area contributed by atoms with E-state index in [-0.39, 0.29) is 12.5 Å². The maximum atomic E-state index is 12.5. The fourth-order valence-electron chi connectivity index (χ4n) is 3.09. The zero-order chi connectivity index (χ0) is 19.4. The molecule has 2 aromatic rings. The molecular weight excluding hydrogens is 368 g/mol. The van der Waals surface area contributed by atoms with Crippen molar-refractivity contribution in [3.05, 3.63) is 53.1 Å². The Hall–Kier alpha value is -2.57. The maximum absolute atomic E-state index is 12.5. The van der Waals surface area contributed by atoms with Crippen molar-refractivity contribution in [1.29, 1.82) is 0 Å². The molecule has 142 valence electrons. The Morgan fingerprint density at radius 1 is 1.26 bits per heavy atom. The summed E-state index contributed by atoms with van der Waals surface area (Å²) < 4.78 is 5.87. The Morgan fingerprint density at radius 3 is 2.70 bits per heavy atom. The fourth-order valence-corrected chi connectivity index (χ4v) is 3.26. The van der Waals surface area contributed by atoms with Crippen LogP contribution in [0, 0.1) is 6.92 Å². The number of halogens is 1. The largest absolute Gasteiger partial charge is 0.480 e. The van der Waals surface area contributed by atoms with E-state index in [0.29, 0.717) is 35.2 Å². The molecule has 1 fully saturated rings. The van der Waals surface area contributed by atoms with Gasteiger partial charge in [0.2, 0.25) is 5.91 Å². The molecule has 1 amide bonds. The Bertz CT molecular complexity index is 838. The summed E-state index contributed by atoms with van der Waals surface area (Å²) in [6, 6.07) is 11.9. The van der Waals surface area contributed by atoms with Crippen molar-refractivity contribution in [1.82, 2.24) is 4.90 Å². The summed E-state index contributed by atoms with van der Waals surface area (Å²) >= 11 is 6.06. The first-order valence-electron chi connectivity index (χ1n) is 8.73. The third-order valence-electron chi connectivity index (χ3n) is 4.46. The minimum atomic E-state index is -0.897. The van der Waals surface area contributed by atoms with E-state index in [9.17, 15) is 14.7 Å². The molecule has 2 N–H and O–H groups in total. The van der Waals surface area contributed by atoms with Gasteiger partial charge in [0.25, 0.3) is 0 Å². The summed E-state index contributed by atoms with van der Waals surface area (Å²) in [5.74, 6) is -0.0951. The summed E-state index contributed by atoms with van der Waals surface area (Å²) in [6.45, 7) is 2.58. The van der Waals surface area contributed by atoms with Crippen molar-refractivity contribution < 1.29 is 19.4 Å². The molecule has 0 aromatic heterocycles. The Kier molecular flexibility index (Phi) is 5.98. The number of aliphatic carboxylic acids is 1.